The molecule has 1 aliphatic heterocycles. The van der Waals surface area contributed by atoms with Gasteiger partial charge in [-0.05, 0) is 6.42 Å². The van der Waals surface area contributed by atoms with Gasteiger partial charge in [-0.1, -0.05) is 6.92 Å². The van der Waals surface area contributed by atoms with Gasteiger partial charge in [0.1, 0.15) is 5.82 Å². The summed E-state index contributed by atoms with van der Waals surface area (Å²) in [5.41, 5.74) is 0.969. The quantitative estimate of drug-likeness (QED) is 0.894. The fraction of sp³-hybridized carbons (Fsp3) is 0.600. The molecule has 1 amide bonds. The highest BCUT2D eigenvalue weighted by Gasteiger charge is 2.21. The first kappa shape index (κ1) is 16.1. The van der Waals surface area contributed by atoms with Crippen LogP contribution in [0.15, 0.2) is 5.38 Å². The largest absolute Gasteiger partial charge is 0.306 e. The Morgan fingerprint density at radius 1 is 1.52 bits per heavy atom. The first-order valence-corrected chi connectivity index (χ1v) is 8.79. The van der Waals surface area contributed by atoms with Gasteiger partial charge in [0.25, 0.3) is 0 Å². The highest BCUT2D eigenvalue weighted by molar-refractivity contribution is 7.14. The van der Waals surface area contributed by atoms with Crippen molar-refractivity contribution in [2.24, 2.45) is 0 Å². The number of hydrogen-bond donors (Lipinski definition) is 1. The third kappa shape index (κ3) is 3.59. The van der Waals surface area contributed by atoms with E-state index in [4.69, 9.17) is 0 Å². The summed E-state index contributed by atoms with van der Waals surface area (Å²) in [4.78, 5) is 22.0. The van der Waals surface area contributed by atoms with Gasteiger partial charge in [-0.3, -0.25) is 9.69 Å². The minimum Gasteiger partial charge on any atom is -0.306 e. The topological polar surface area (TPSA) is 75.9 Å². The van der Waals surface area contributed by atoms with E-state index in [1.54, 1.807) is 18.9 Å². The van der Waals surface area contributed by atoms with Crippen LogP contribution in [0.3, 0.4) is 0 Å². The summed E-state index contributed by atoms with van der Waals surface area (Å²) in [7, 11) is 1.75. The van der Waals surface area contributed by atoms with Crippen molar-refractivity contribution in [3.05, 3.63) is 22.7 Å². The molecule has 0 spiro atoms. The van der Waals surface area contributed by atoms with Gasteiger partial charge in [0.2, 0.25) is 5.91 Å². The van der Waals surface area contributed by atoms with Crippen LogP contribution in [0.4, 0.5) is 5.13 Å². The Hall–Kier alpha value is -1.80. The fourth-order valence-corrected chi connectivity index (χ4v) is 3.43. The molecule has 0 radical (unpaired) electrons. The average Bonchev–Trinajstić information content (AvgIpc) is 3.17. The number of rotatable bonds is 5. The average molecular weight is 334 g/mol. The number of aromatic nitrogens is 4. The third-order valence-electron chi connectivity index (χ3n) is 4.09. The molecule has 124 valence electrons. The molecule has 0 saturated heterocycles. The Balaban J connectivity index is 1.56. The highest BCUT2D eigenvalue weighted by Crippen LogP contribution is 2.20. The second-order valence-electron chi connectivity index (χ2n) is 5.80. The maximum Gasteiger partial charge on any atom is 0.225 e. The van der Waals surface area contributed by atoms with E-state index >= 15 is 0 Å². The lowest BCUT2D eigenvalue weighted by molar-refractivity contribution is -0.116. The van der Waals surface area contributed by atoms with Crippen LogP contribution in [0.5, 0.6) is 0 Å². The molecule has 1 N–H and O–H groups in total. The lowest BCUT2D eigenvalue weighted by atomic mass is 10.1. The SMILES string of the molecule is CCc1nc2n(n1)CC(NCc1csc(N(C)C(C)=O)n1)CC2. The van der Waals surface area contributed by atoms with Crippen molar-refractivity contribution in [3.63, 3.8) is 0 Å². The Kier molecular flexibility index (Phi) is 4.72. The van der Waals surface area contributed by atoms with E-state index < -0.39 is 0 Å². The molecule has 0 saturated carbocycles. The summed E-state index contributed by atoms with van der Waals surface area (Å²) < 4.78 is 2.02. The first-order chi connectivity index (χ1) is 11.1. The van der Waals surface area contributed by atoms with Crippen LogP contribution in [-0.2, 0) is 30.7 Å². The molecule has 1 aliphatic rings. The van der Waals surface area contributed by atoms with Gasteiger partial charge in [-0.2, -0.15) is 5.10 Å². The van der Waals surface area contributed by atoms with Crippen LogP contribution < -0.4 is 10.2 Å². The van der Waals surface area contributed by atoms with Gasteiger partial charge in [0, 0.05) is 44.8 Å². The smallest absolute Gasteiger partial charge is 0.225 e. The summed E-state index contributed by atoms with van der Waals surface area (Å²) >= 11 is 1.49. The molecule has 0 aliphatic carbocycles. The molecule has 1 atom stereocenters. The van der Waals surface area contributed by atoms with Crippen LogP contribution in [0, 0.1) is 0 Å². The van der Waals surface area contributed by atoms with Crippen LogP contribution in [0.1, 0.15) is 37.6 Å². The third-order valence-corrected chi connectivity index (χ3v) is 5.05. The number of amides is 1. The molecule has 0 bridgehead atoms. The Morgan fingerprint density at radius 2 is 2.35 bits per heavy atom. The van der Waals surface area contributed by atoms with E-state index in [2.05, 4.69) is 27.3 Å². The van der Waals surface area contributed by atoms with Gasteiger partial charge < -0.3 is 5.32 Å². The molecule has 3 heterocycles. The number of nitrogens with one attached hydrogen (secondary N) is 1. The Morgan fingerprint density at radius 3 is 3.09 bits per heavy atom. The van der Waals surface area contributed by atoms with Crippen LogP contribution in [0.2, 0.25) is 0 Å². The van der Waals surface area contributed by atoms with Crippen molar-refractivity contribution in [2.75, 3.05) is 11.9 Å². The standard InChI is InChI=1S/C15H22N6OS/c1-4-13-18-14-6-5-11(8-21(14)19-13)16-7-12-9-23-15(17-12)20(3)10(2)22/h9,11,16H,4-8H2,1-3H3. The summed E-state index contributed by atoms with van der Waals surface area (Å²) in [6.07, 6.45) is 2.90. The summed E-state index contributed by atoms with van der Waals surface area (Å²) in [5.74, 6) is 2.02. The van der Waals surface area contributed by atoms with E-state index in [9.17, 15) is 4.79 Å². The van der Waals surface area contributed by atoms with Gasteiger partial charge >= 0.3 is 0 Å². The number of carbonyl (C=O) groups excluding carboxylic acids is 1. The fourth-order valence-electron chi connectivity index (χ4n) is 2.59. The molecular formula is C15H22N6OS. The number of hydrogen-bond acceptors (Lipinski definition) is 6. The number of nitrogens with zero attached hydrogens (tertiary/aromatic N) is 5. The maximum atomic E-state index is 11.4. The zero-order valence-electron chi connectivity index (χ0n) is 13.7. The second kappa shape index (κ2) is 6.76. The summed E-state index contributed by atoms with van der Waals surface area (Å²) in [5, 5.41) is 10.8. The number of aryl methyl sites for hydroxylation is 2. The number of fused-ring (bicyclic) bond motifs is 1. The van der Waals surface area contributed by atoms with Crippen molar-refractivity contribution >= 4 is 22.4 Å². The highest BCUT2D eigenvalue weighted by atomic mass is 32.1. The maximum absolute atomic E-state index is 11.4. The van der Waals surface area contributed by atoms with E-state index in [1.807, 2.05) is 10.1 Å². The van der Waals surface area contributed by atoms with Crippen LogP contribution in [0.25, 0.3) is 0 Å². The molecule has 0 fully saturated rings. The molecule has 3 rings (SSSR count). The molecule has 7 nitrogen and oxygen atoms in total. The lowest BCUT2D eigenvalue weighted by Crippen LogP contribution is -2.37. The molecule has 1 unspecified atom stereocenters. The van der Waals surface area contributed by atoms with E-state index in [-0.39, 0.29) is 5.91 Å². The number of carbonyl (C=O) groups is 1. The van der Waals surface area contributed by atoms with E-state index in [1.165, 1.54) is 11.3 Å². The van der Waals surface area contributed by atoms with Gasteiger partial charge in [0.15, 0.2) is 11.0 Å². The predicted octanol–water partition coefficient (Wildman–Crippen LogP) is 1.38. The van der Waals surface area contributed by atoms with Gasteiger partial charge in [0.05, 0.1) is 12.2 Å². The molecule has 0 aromatic carbocycles. The van der Waals surface area contributed by atoms with Crippen molar-refractivity contribution in [1.29, 1.82) is 0 Å². The van der Waals surface area contributed by atoms with E-state index in [0.29, 0.717) is 12.6 Å². The Labute approximate surface area is 139 Å². The van der Waals surface area contributed by atoms with Crippen molar-refractivity contribution in [1.82, 2.24) is 25.1 Å². The zero-order chi connectivity index (χ0) is 16.4. The second-order valence-corrected chi connectivity index (χ2v) is 6.63. The van der Waals surface area contributed by atoms with Crippen molar-refractivity contribution < 1.29 is 4.79 Å². The van der Waals surface area contributed by atoms with Crippen LogP contribution in [-0.4, -0.2) is 38.7 Å². The van der Waals surface area contributed by atoms with E-state index in [0.717, 1.165) is 48.3 Å². The summed E-state index contributed by atoms with van der Waals surface area (Å²) in [6, 6.07) is 0.379. The van der Waals surface area contributed by atoms with Crippen molar-refractivity contribution in [2.45, 2.75) is 52.2 Å². The van der Waals surface area contributed by atoms with Gasteiger partial charge in [-0.25, -0.2) is 14.6 Å². The Bertz CT molecular complexity index is 694. The first-order valence-electron chi connectivity index (χ1n) is 7.91. The molecule has 8 heteroatoms. The monoisotopic (exact) mass is 334 g/mol. The van der Waals surface area contributed by atoms with Crippen molar-refractivity contribution in [3.8, 4) is 0 Å². The number of thiazole rings is 1. The zero-order valence-corrected chi connectivity index (χ0v) is 14.6. The number of anilines is 1. The molecular weight excluding hydrogens is 312 g/mol. The molecule has 2 aromatic rings. The minimum absolute atomic E-state index is 0.00317. The van der Waals surface area contributed by atoms with Gasteiger partial charge in [-0.15, -0.1) is 11.3 Å². The molecule has 23 heavy (non-hydrogen) atoms. The summed E-state index contributed by atoms with van der Waals surface area (Å²) in [6.45, 7) is 5.18. The predicted molar refractivity (Wildman–Crippen MR) is 89.5 cm³/mol. The molecule has 2 aromatic heterocycles. The van der Waals surface area contributed by atoms with Crippen LogP contribution >= 0.6 is 11.3 Å². The lowest BCUT2D eigenvalue weighted by Gasteiger charge is -2.23. The normalized spacial score (nSPS) is 17.1. The minimum atomic E-state index is -0.00317.